The van der Waals surface area contributed by atoms with Crippen molar-refractivity contribution in [2.45, 2.75) is 40.4 Å². The van der Waals surface area contributed by atoms with Crippen LogP contribution >= 0.6 is 0 Å². The topological polar surface area (TPSA) is 47.7 Å². The predicted molar refractivity (Wildman–Crippen MR) is 71.5 cm³/mol. The standard InChI is InChI=1S/C13H21N5/c1-5-17-7-6-15-13(17)9-18-11(3)12(8-14-4)10(2)16-18/h6-7,14H,5,8-9H2,1-4H3. The smallest absolute Gasteiger partial charge is 0.130 e. The van der Waals surface area contributed by atoms with Gasteiger partial charge in [0.1, 0.15) is 5.82 Å². The summed E-state index contributed by atoms with van der Waals surface area (Å²) in [7, 11) is 1.96. The molecule has 0 bridgehead atoms. The Morgan fingerprint density at radius 3 is 2.78 bits per heavy atom. The number of aryl methyl sites for hydroxylation is 2. The van der Waals surface area contributed by atoms with Crippen molar-refractivity contribution in [2.24, 2.45) is 0 Å². The Morgan fingerprint density at radius 2 is 2.11 bits per heavy atom. The molecule has 0 fully saturated rings. The molecule has 2 aromatic heterocycles. The fraction of sp³-hybridized carbons (Fsp3) is 0.538. The molecule has 0 radical (unpaired) electrons. The van der Waals surface area contributed by atoms with Gasteiger partial charge in [-0.2, -0.15) is 5.10 Å². The lowest BCUT2D eigenvalue weighted by atomic mass is 10.2. The Balaban J connectivity index is 2.27. The SMILES string of the molecule is CCn1ccnc1Cn1nc(C)c(CNC)c1C. The molecule has 0 aromatic carbocycles. The Hall–Kier alpha value is -1.62. The Kier molecular flexibility index (Phi) is 3.81. The summed E-state index contributed by atoms with van der Waals surface area (Å²) in [4.78, 5) is 4.39. The van der Waals surface area contributed by atoms with Crippen LogP contribution in [0, 0.1) is 13.8 Å². The summed E-state index contributed by atoms with van der Waals surface area (Å²) in [6.07, 6.45) is 3.86. The lowest BCUT2D eigenvalue weighted by molar-refractivity contribution is 0.591. The van der Waals surface area contributed by atoms with Crippen LogP contribution in [0.4, 0.5) is 0 Å². The molecule has 18 heavy (non-hydrogen) atoms. The molecule has 0 unspecified atom stereocenters. The van der Waals surface area contributed by atoms with Gasteiger partial charge in [0.15, 0.2) is 0 Å². The average Bonchev–Trinajstić information content (AvgIpc) is 2.90. The van der Waals surface area contributed by atoms with E-state index in [-0.39, 0.29) is 0 Å². The van der Waals surface area contributed by atoms with E-state index in [0.717, 1.165) is 31.2 Å². The van der Waals surface area contributed by atoms with Crippen LogP contribution in [0.1, 0.15) is 29.7 Å². The molecule has 0 saturated carbocycles. The van der Waals surface area contributed by atoms with Crippen molar-refractivity contribution in [3.05, 3.63) is 35.2 Å². The fourth-order valence-electron chi connectivity index (χ4n) is 2.23. The van der Waals surface area contributed by atoms with Crippen molar-refractivity contribution in [1.82, 2.24) is 24.6 Å². The van der Waals surface area contributed by atoms with E-state index in [2.05, 4.69) is 40.7 Å². The number of rotatable bonds is 5. The quantitative estimate of drug-likeness (QED) is 0.870. The molecular weight excluding hydrogens is 226 g/mol. The van der Waals surface area contributed by atoms with Crippen LogP contribution in [0.25, 0.3) is 0 Å². The maximum absolute atomic E-state index is 4.60. The Morgan fingerprint density at radius 1 is 1.33 bits per heavy atom. The summed E-state index contributed by atoms with van der Waals surface area (Å²) < 4.78 is 4.19. The lowest BCUT2D eigenvalue weighted by Gasteiger charge is -2.07. The van der Waals surface area contributed by atoms with E-state index in [0.29, 0.717) is 0 Å². The van der Waals surface area contributed by atoms with Crippen molar-refractivity contribution in [3.8, 4) is 0 Å². The largest absolute Gasteiger partial charge is 0.334 e. The summed E-state index contributed by atoms with van der Waals surface area (Å²) in [5.41, 5.74) is 3.59. The molecule has 5 nitrogen and oxygen atoms in total. The third-order valence-electron chi connectivity index (χ3n) is 3.32. The van der Waals surface area contributed by atoms with Crippen LogP contribution in [0.3, 0.4) is 0 Å². The fourth-order valence-corrected chi connectivity index (χ4v) is 2.23. The Labute approximate surface area is 108 Å². The molecule has 0 aliphatic rings. The van der Waals surface area contributed by atoms with Gasteiger partial charge in [0.05, 0.1) is 12.2 Å². The van der Waals surface area contributed by atoms with Gasteiger partial charge in [-0.3, -0.25) is 4.68 Å². The highest BCUT2D eigenvalue weighted by molar-refractivity contribution is 5.24. The second-order valence-electron chi connectivity index (χ2n) is 4.47. The van der Waals surface area contributed by atoms with E-state index in [9.17, 15) is 0 Å². The van der Waals surface area contributed by atoms with Crippen LogP contribution in [-0.4, -0.2) is 26.4 Å². The molecule has 5 heteroatoms. The summed E-state index contributed by atoms with van der Waals surface area (Å²) >= 11 is 0. The molecule has 0 saturated heterocycles. The second kappa shape index (κ2) is 5.35. The zero-order valence-electron chi connectivity index (χ0n) is 11.6. The first-order chi connectivity index (χ1) is 8.67. The van der Waals surface area contributed by atoms with Crippen molar-refractivity contribution in [2.75, 3.05) is 7.05 Å². The minimum absolute atomic E-state index is 0.733. The van der Waals surface area contributed by atoms with Gasteiger partial charge >= 0.3 is 0 Å². The zero-order valence-corrected chi connectivity index (χ0v) is 11.6. The number of hydrogen-bond donors (Lipinski definition) is 1. The van der Waals surface area contributed by atoms with Gasteiger partial charge in [-0.15, -0.1) is 0 Å². The van der Waals surface area contributed by atoms with E-state index in [1.807, 2.05) is 24.1 Å². The number of aromatic nitrogens is 4. The zero-order chi connectivity index (χ0) is 13.1. The van der Waals surface area contributed by atoms with Gasteiger partial charge in [0, 0.05) is 36.7 Å². The van der Waals surface area contributed by atoms with Crippen molar-refractivity contribution in [3.63, 3.8) is 0 Å². The highest BCUT2D eigenvalue weighted by Crippen LogP contribution is 2.14. The second-order valence-corrected chi connectivity index (χ2v) is 4.47. The van der Waals surface area contributed by atoms with Crippen molar-refractivity contribution >= 4 is 0 Å². The van der Waals surface area contributed by atoms with Crippen molar-refractivity contribution in [1.29, 1.82) is 0 Å². The van der Waals surface area contributed by atoms with Gasteiger partial charge in [0.25, 0.3) is 0 Å². The van der Waals surface area contributed by atoms with Gasteiger partial charge in [-0.1, -0.05) is 0 Å². The predicted octanol–water partition coefficient (Wildman–Crippen LogP) is 1.48. The molecule has 2 heterocycles. The van der Waals surface area contributed by atoms with E-state index >= 15 is 0 Å². The first-order valence-corrected chi connectivity index (χ1v) is 6.34. The summed E-state index contributed by atoms with van der Waals surface area (Å²) in [5, 5.41) is 7.79. The minimum atomic E-state index is 0.733. The van der Waals surface area contributed by atoms with Gasteiger partial charge < -0.3 is 9.88 Å². The molecule has 2 aromatic rings. The summed E-state index contributed by atoms with van der Waals surface area (Å²) in [6, 6.07) is 0. The maximum Gasteiger partial charge on any atom is 0.130 e. The molecule has 1 N–H and O–H groups in total. The maximum atomic E-state index is 4.60. The lowest BCUT2D eigenvalue weighted by Crippen LogP contribution is -2.11. The molecule has 0 aliphatic carbocycles. The third kappa shape index (κ3) is 2.31. The molecular formula is C13H21N5. The third-order valence-corrected chi connectivity index (χ3v) is 3.32. The van der Waals surface area contributed by atoms with Gasteiger partial charge in [0.2, 0.25) is 0 Å². The first-order valence-electron chi connectivity index (χ1n) is 6.34. The highest BCUT2D eigenvalue weighted by Gasteiger charge is 2.12. The summed E-state index contributed by atoms with van der Waals surface area (Å²) in [6.45, 7) is 8.84. The van der Waals surface area contributed by atoms with E-state index < -0.39 is 0 Å². The highest BCUT2D eigenvalue weighted by atomic mass is 15.3. The molecule has 0 aliphatic heterocycles. The van der Waals surface area contributed by atoms with Crippen molar-refractivity contribution < 1.29 is 0 Å². The Bertz CT molecular complexity index is 523. The van der Waals surface area contributed by atoms with Crippen LogP contribution in [-0.2, 0) is 19.6 Å². The monoisotopic (exact) mass is 247 g/mol. The molecule has 98 valence electrons. The average molecular weight is 247 g/mol. The first kappa shape index (κ1) is 12.8. The van der Waals surface area contributed by atoms with Crippen LogP contribution in [0.15, 0.2) is 12.4 Å². The molecule has 0 amide bonds. The van der Waals surface area contributed by atoms with Gasteiger partial charge in [-0.25, -0.2) is 4.98 Å². The normalized spacial score (nSPS) is 11.1. The number of imidazole rings is 1. The van der Waals surface area contributed by atoms with Crippen LogP contribution < -0.4 is 5.32 Å². The van der Waals surface area contributed by atoms with Crippen LogP contribution in [0.2, 0.25) is 0 Å². The minimum Gasteiger partial charge on any atom is -0.334 e. The molecule has 0 atom stereocenters. The number of nitrogens with one attached hydrogen (secondary N) is 1. The molecule has 2 rings (SSSR count). The number of hydrogen-bond acceptors (Lipinski definition) is 3. The van der Waals surface area contributed by atoms with Crippen LogP contribution in [0.5, 0.6) is 0 Å². The van der Waals surface area contributed by atoms with E-state index in [1.165, 1.54) is 11.3 Å². The molecule has 0 spiro atoms. The number of nitrogens with zero attached hydrogens (tertiary/aromatic N) is 4. The van der Waals surface area contributed by atoms with Gasteiger partial charge in [-0.05, 0) is 27.8 Å². The van der Waals surface area contributed by atoms with E-state index in [1.54, 1.807) is 0 Å². The van der Waals surface area contributed by atoms with E-state index in [4.69, 9.17) is 0 Å². The summed E-state index contributed by atoms with van der Waals surface area (Å²) in [5.74, 6) is 1.05.